The number of halogens is 3. The normalized spacial score (nSPS) is 18.5. The smallest absolute Gasteiger partial charge is 0.322 e. The first kappa shape index (κ1) is 22.2. The Morgan fingerprint density at radius 3 is 2.84 bits per heavy atom. The first-order valence-electron chi connectivity index (χ1n) is 10.2. The first-order chi connectivity index (χ1) is 15.0. The van der Waals surface area contributed by atoms with Gasteiger partial charge < -0.3 is 19.9 Å². The lowest BCUT2D eigenvalue weighted by atomic mass is 10.0. The van der Waals surface area contributed by atoms with Crippen molar-refractivity contribution in [2.75, 3.05) is 37.0 Å². The van der Waals surface area contributed by atoms with Crippen molar-refractivity contribution in [1.29, 1.82) is 0 Å². The number of ether oxygens (including phenoxy) is 1. The molecule has 0 bridgehead atoms. The van der Waals surface area contributed by atoms with Crippen LogP contribution in [0.5, 0.6) is 0 Å². The van der Waals surface area contributed by atoms with Crippen molar-refractivity contribution in [3.63, 3.8) is 0 Å². The Morgan fingerprint density at radius 2 is 2.06 bits per heavy atom. The highest BCUT2D eigenvalue weighted by Gasteiger charge is 2.32. The topological polar surface area (TPSA) is 75.0 Å². The number of nitrogens with zero attached hydrogens (tertiary/aromatic N) is 5. The van der Waals surface area contributed by atoms with E-state index in [1.807, 2.05) is 4.90 Å². The Labute approximate surface area is 189 Å². The summed E-state index contributed by atoms with van der Waals surface area (Å²) in [6.45, 7) is 1.75. The van der Waals surface area contributed by atoms with E-state index >= 15 is 0 Å². The molecule has 2 saturated heterocycles. The lowest BCUT2D eigenvalue weighted by molar-refractivity contribution is -0.00465. The lowest BCUT2D eigenvalue weighted by Gasteiger charge is -2.37. The predicted molar refractivity (Wildman–Crippen MR) is 117 cm³/mol. The van der Waals surface area contributed by atoms with E-state index in [0.29, 0.717) is 48.8 Å². The van der Waals surface area contributed by atoms with Crippen LogP contribution < -0.4 is 10.2 Å². The third-order valence-electron chi connectivity index (χ3n) is 5.93. The molecule has 0 spiro atoms. The zero-order valence-electron chi connectivity index (χ0n) is 17.4. The van der Waals surface area contributed by atoms with Crippen molar-refractivity contribution in [2.24, 2.45) is 0 Å². The van der Waals surface area contributed by atoms with E-state index in [9.17, 15) is 13.6 Å². The van der Waals surface area contributed by atoms with Crippen LogP contribution in [0.4, 0.5) is 25.1 Å². The minimum Gasteiger partial charge on any atom is -0.378 e. The van der Waals surface area contributed by atoms with Gasteiger partial charge in [0.2, 0.25) is 0 Å². The molecule has 2 aliphatic rings. The number of amides is 2. The van der Waals surface area contributed by atoms with Crippen LogP contribution in [0.1, 0.15) is 24.4 Å². The molecule has 1 N–H and O–H groups in total. The number of aromatic nitrogens is 3. The second-order valence-corrected chi connectivity index (χ2v) is 7.82. The van der Waals surface area contributed by atoms with Gasteiger partial charge in [0.25, 0.3) is 0 Å². The van der Waals surface area contributed by atoms with Crippen molar-refractivity contribution in [3.8, 4) is 0 Å². The van der Waals surface area contributed by atoms with Crippen LogP contribution in [-0.2, 0) is 4.74 Å². The zero-order chi connectivity index (χ0) is 21.5. The number of carbonyl (C=O) groups excluding carboxylic acids is 1. The van der Waals surface area contributed by atoms with Crippen molar-refractivity contribution in [1.82, 2.24) is 19.5 Å². The summed E-state index contributed by atoms with van der Waals surface area (Å²) in [6, 6.07) is 4.78. The quantitative estimate of drug-likeness (QED) is 0.638. The molecule has 2 amide bonds. The lowest BCUT2D eigenvalue weighted by Crippen LogP contribution is -2.55. The van der Waals surface area contributed by atoms with Crippen molar-refractivity contribution in [2.45, 2.75) is 25.0 Å². The molecule has 170 valence electrons. The molecule has 2 aromatic heterocycles. The van der Waals surface area contributed by atoms with Gasteiger partial charge in [-0.05, 0) is 37.1 Å². The predicted octanol–water partition coefficient (Wildman–Crippen LogP) is 3.63. The molecule has 0 saturated carbocycles. The van der Waals surface area contributed by atoms with Crippen LogP contribution in [0.2, 0.25) is 0 Å². The second kappa shape index (κ2) is 8.87. The summed E-state index contributed by atoms with van der Waals surface area (Å²) in [5.74, 6) is -0.271. The van der Waals surface area contributed by atoms with E-state index in [2.05, 4.69) is 15.4 Å². The van der Waals surface area contributed by atoms with E-state index < -0.39 is 11.6 Å². The minimum absolute atomic E-state index is 0. The summed E-state index contributed by atoms with van der Waals surface area (Å²) in [4.78, 5) is 20.7. The minimum atomic E-state index is -0.464. The van der Waals surface area contributed by atoms with Crippen LogP contribution in [-0.4, -0.2) is 58.4 Å². The molecule has 8 nitrogen and oxygen atoms in total. The highest BCUT2D eigenvalue weighted by Crippen LogP contribution is 2.37. The summed E-state index contributed by atoms with van der Waals surface area (Å²) >= 11 is 0. The van der Waals surface area contributed by atoms with Crippen LogP contribution in [0.25, 0.3) is 5.65 Å². The average molecular weight is 465 g/mol. The molecule has 11 heteroatoms. The second-order valence-electron chi connectivity index (χ2n) is 7.82. The standard InChI is InChI=1S/C21H22F2N6O2.ClH/c1-31-14-11-27(12-14)21(30)25-17-10-24-29-8-6-19(26-20(17)29)28-7-2-3-18(28)15-9-13(22)4-5-16(15)23;/h4-6,8-10,14,18H,2-3,7,11-12H2,1H3,(H,25,30);1H/t18-;/m1./s1. The third-order valence-corrected chi connectivity index (χ3v) is 5.93. The summed E-state index contributed by atoms with van der Waals surface area (Å²) < 4.78 is 34.9. The molecule has 0 radical (unpaired) electrons. The molecule has 1 aromatic carbocycles. The number of urea groups is 1. The molecule has 1 atom stereocenters. The SMILES string of the molecule is COC1CN(C(=O)Nc2cnn3ccc(N4CCC[C@@H]4c4cc(F)ccc4F)nc23)C1.Cl. The van der Waals surface area contributed by atoms with E-state index in [1.165, 1.54) is 6.07 Å². The summed E-state index contributed by atoms with van der Waals surface area (Å²) in [5.41, 5.74) is 1.30. The number of benzene rings is 1. The Hall–Kier alpha value is -2.98. The molecule has 4 heterocycles. The fraction of sp³-hybridized carbons (Fsp3) is 0.381. The number of anilines is 2. The highest BCUT2D eigenvalue weighted by atomic mass is 35.5. The van der Waals surface area contributed by atoms with Crippen molar-refractivity contribution in [3.05, 3.63) is 53.9 Å². The van der Waals surface area contributed by atoms with Gasteiger partial charge in [-0.25, -0.2) is 23.1 Å². The fourth-order valence-electron chi connectivity index (χ4n) is 4.19. The van der Waals surface area contributed by atoms with E-state index in [0.717, 1.165) is 18.6 Å². The van der Waals surface area contributed by atoms with Gasteiger partial charge in [-0.2, -0.15) is 5.10 Å². The fourth-order valence-corrected chi connectivity index (χ4v) is 4.19. The van der Waals surface area contributed by atoms with Crippen molar-refractivity contribution < 1.29 is 18.3 Å². The van der Waals surface area contributed by atoms with Gasteiger partial charge in [-0.3, -0.25) is 0 Å². The molecular formula is C21H23ClF2N6O2. The summed E-state index contributed by atoms with van der Waals surface area (Å²) in [7, 11) is 1.62. The number of nitrogens with one attached hydrogen (secondary N) is 1. The molecule has 2 fully saturated rings. The van der Waals surface area contributed by atoms with Gasteiger partial charge in [-0.15, -0.1) is 12.4 Å². The van der Waals surface area contributed by atoms with Crippen LogP contribution in [0.15, 0.2) is 36.7 Å². The molecule has 32 heavy (non-hydrogen) atoms. The number of carbonyl (C=O) groups is 1. The van der Waals surface area contributed by atoms with Gasteiger partial charge in [-0.1, -0.05) is 0 Å². The monoisotopic (exact) mass is 464 g/mol. The zero-order valence-corrected chi connectivity index (χ0v) is 18.2. The van der Waals surface area contributed by atoms with Crippen LogP contribution >= 0.6 is 12.4 Å². The molecule has 2 aliphatic heterocycles. The molecule has 0 aliphatic carbocycles. The number of methoxy groups -OCH3 is 1. The molecule has 3 aromatic rings. The average Bonchev–Trinajstić information content (AvgIpc) is 3.36. The van der Waals surface area contributed by atoms with Gasteiger partial charge in [0, 0.05) is 25.4 Å². The van der Waals surface area contributed by atoms with Crippen LogP contribution in [0.3, 0.4) is 0 Å². The third kappa shape index (κ3) is 3.95. The van der Waals surface area contributed by atoms with Gasteiger partial charge >= 0.3 is 6.03 Å². The number of fused-ring (bicyclic) bond motifs is 1. The van der Waals surface area contributed by atoms with Gasteiger partial charge in [0.05, 0.1) is 31.4 Å². The molecule has 5 rings (SSSR count). The maximum absolute atomic E-state index is 14.4. The molecular weight excluding hydrogens is 442 g/mol. The van der Waals surface area contributed by atoms with Crippen LogP contribution in [0, 0.1) is 11.6 Å². The number of rotatable bonds is 4. The number of hydrogen-bond donors (Lipinski definition) is 1. The number of likely N-dealkylation sites (tertiary alicyclic amines) is 1. The Morgan fingerprint density at radius 1 is 1.25 bits per heavy atom. The summed E-state index contributed by atoms with van der Waals surface area (Å²) in [5, 5.41) is 7.09. The maximum atomic E-state index is 14.4. The van der Waals surface area contributed by atoms with E-state index in [-0.39, 0.29) is 30.6 Å². The van der Waals surface area contributed by atoms with E-state index in [1.54, 1.807) is 35.0 Å². The Kier molecular flexibility index (Phi) is 6.16. The van der Waals surface area contributed by atoms with Crippen molar-refractivity contribution >= 4 is 35.6 Å². The van der Waals surface area contributed by atoms with Gasteiger partial charge in [0.1, 0.15) is 23.1 Å². The highest BCUT2D eigenvalue weighted by molar-refractivity contribution is 5.93. The molecule has 0 unspecified atom stereocenters. The summed E-state index contributed by atoms with van der Waals surface area (Å²) in [6.07, 6.45) is 4.90. The largest absolute Gasteiger partial charge is 0.378 e. The van der Waals surface area contributed by atoms with E-state index in [4.69, 9.17) is 4.74 Å². The van der Waals surface area contributed by atoms with Gasteiger partial charge in [0.15, 0.2) is 5.65 Å². The Balaban J connectivity index is 0.00000245. The maximum Gasteiger partial charge on any atom is 0.322 e. The first-order valence-corrected chi connectivity index (χ1v) is 10.2. The Bertz CT molecular complexity index is 1140. The number of hydrogen-bond acceptors (Lipinski definition) is 5.